The molecule has 1 saturated heterocycles. The quantitative estimate of drug-likeness (QED) is 0.596. The lowest BCUT2D eigenvalue weighted by molar-refractivity contribution is -0.0705. The van der Waals surface area contributed by atoms with Gasteiger partial charge < -0.3 is 10.1 Å². The van der Waals surface area contributed by atoms with Gasteiger partial charge in [-0.2, -0.15) is 4.72 Å². The van der Waals surface area contributed by atoms with E-state index in [4.69, 9.17) is 11.2 Å². The molecule has 3 rings (SSSR count). The Bertz CT molecular complexity index is 1080. The van der Waals surface area contributed by atoms with Crippen LogP contribution in [0, 0.1) is 12.3 Å². The molecule has 32 heavy (non-hydrogen) atoms. The lowest BCUT2D eigenvalue weighted by atomic mass is 10.1. The molecule has 0 aromatic heterocycles. The number of terminal acetylenes is 1. The summed E-state index contributed by atoms with van der Waals surface area (Å²) in [5.41, 5.74) is 2.43. The van der Waals surface area contributed by atoms with Crippen LogP contribution in [0.25, 0.3) is 0 Å². The summed E-state index contributed by atoms with van der Waals surface area (Å²) >= 11 is 0. The van der Waals surface area contributed by atoms with E-state index in [0.717, 1.165) is 30.8 Å². The smallest absolute Gasteiger partial charge is 0.251 e. The Kier molecular flexibility index (Phi) is 8.04. The molecule has 0 radical (unpaired) electrons. The van der Waals surface area contributed by atoms with Gasteiger partial charge in [-0.05, 0) is 43.2 Å². The first-order valence-corrected chi connectivity index (χ1v) is 12.0. The van der Waals surface area contributed by atoms with Crippen LogP contribution in [0.15, 0.2) is 53.4 Å². The van der Waals surface area contributed by atoms with Crippen LogP contribution in [0.4, 0.5) is 0 Å². The summed E-state index contributed by atoms with van der Waals surface area (Å²) < 4.78 is 32.7. The molecule has 2 unspecified atom stereocenters. The number of carbonyl (C=O) groups is 1. The number of sulfonamides is 1. The van der Waals surface area contributed by atoms with Gasteiger partial charge in [0, 0.05) is 31.7 Å². The Morgan fingerprint density at radius 3 is 2.50 bits per heavy atom. The van der Waals surface area contributed by atoms with Gasteiger partial charge in [-0.3, -0.25) is 9.69 Å². The van der Waals surface area contributed by atoms with Crippen LogP contribution in [0.5, 0.6) is 0 Å². The number of nitrogens with one attached hydrogen (secondary N) is 2. The third-order valence-electron chi connectivity index (χ3n) is 5.22. The van der Waals surface area contributed by atoms with E-state index in [-0.39, 0.29) is 35.1 Å². The van der Waals surface area contributed by atoms with Gasteiger partial charge in [-0.25, -0.2) is 8.42 Å². The predicted molar refractivity (Wildman–Crippen MR) is 123 cm³/mol. The first kappa shape index (κ1) is 24.0. The molecule has 1 aliphatic rings. The SMILES string of the molecule is C#CCNS(=O)(=O)c1cccc(C(=O)NCc2ccccc2CN2CC(C)OC(C)C2)c1. The molecule has 8 heteroatoms. The Labute approximate surface area is 190 Å². The van der Waals surface area contributed by atoms with Crippen LogP contribution in [-0.2, 0) is 27.8 Å². The third-order valence-corrected chi connectivity index (χ3v) is 6.62. The van der Waals surface area contributed by atoms with Crippen LogP contribution in [-0.4, -0.2) is 51.1 Å². The maximum Gasteiger partial charge on any atom is 0.251 e. The molecule has 2 aromatic rings. The van der Waals surface area contributed by atoms with Crippen molar-refractivity contribution in [1.29, 1.82) is 0 Å². The van der Waals surface area contributed by atoms with Gasteiger partial charge in [0.25, 0.3) is 5.91 Å². The van der Waals surface area contributed by atoms with Crippen molar-refractivity contribution in [2.24, 2.45) is 0 Å². The van der Waals surface area contributed by atoms with Gasteiger partial charge in [0.15, 0.2) is 0 Å². The number of nitrogens with zero attached hydrogens (tertiary/aromatic N) is 1. The summed E-state index contributed by atoms with van der Waals surface area (Å²) in [4.78, 5) is 15.1. The molecule has 0 saturated carbocycles. The largest absolute Gasteiger partial charge is 0.373 e. The minimum absolute atomic E-state index is 0.00337. The summed E-state index contributed by atoms with van der Waals surface area (Å²) in [6.07, 6.45) is 5.49. The van der Waals surface area contributed by atoms with Crippen LogP contribution in [0.2, 0.25) is 0 Å². The van der Waals surface area contributed by atoms with E-state index in [9.17, 15) is 13.2 Å². The van der Waals surface area contributed by atoms with E-state index < -0.39 is 10.0 Å². The number of hydrogen-bond donors (Lipinski definition) is 2. The van der Waals surface area contributed by atoms with Crippen LogP contribution in [0.3, 0.4) is 0 Å². The van der Waals surface area contributed by atoms with Crippen molar-refractivity contribution in [1.82, 2.24) is 14.9 Å². The van der Waals surface area contributed by atoms with Crippen LogP contribution in [0.1, 0.15) is 35.3 Å². The second-order valence-corrected chi connectivity index (χ2v) is 9.73. The fourth-order valence-corrected chi connectivity index (χ4v) is 4.82. The van der Waals surface area contributed by atoms with Crippen molar-refractivity contribution >= 4 is 15.9 Å². The van der Waals surface area contributed by atoms with E-state index in [1.165, 1.54) is 18.2 Å². The molecule has 7 nitrogen and oxygen atoms in total. The van der Waals surface area contributed by atoms with Gasteiger partial charge in [-0.1, -0.05) is 36.3 Å². The average molecular weight is 456 g/mol. The summed E-state index contributed by atoms with van der Waals surface area (Å²) in [6.45, 7) is 6.88. The lowest BCUT2D eigenvalue weighted by Crippen LogP contribution is -2.45. The van der Waals surface area contributed by atoms with E-state index in [2.05, 4.69) is 40.8 Å². The molecule has 2 N–H and O–H groups in total. The topological polar surface area (TPSA) is 87.7 Å². The molecule has 1 fully saturated rings. The number of carbonyl (C=O) groups excluding carboxylic acids is 1. The van der Waals surface area contributed by atoms with Crippen molar-refractivity contribution in [2.75, 3.05) is 19.6 Å². The molecule has 0 spiro atoms. The monoisotopic (exact) mass is 455 g/mol. The van der Waals surface area contributed by atoms with Crippen molar-refractivity contribution in [3.8, 4) is 12.3 Å². The van der Waals surface area contributed by atoms with E-state index >= 15 is 0 Å². The normalized spacial score (nSPS) is 19.3. The summed E-state index contributed by atoms with van der Waals surface area (Å²) in [6, 6.07) is 13.9. The van der Waals surface area contributed by atoms with Gasteiger partial charge in [0.05, 0.1) is 23.6 Å². The van der Waals surface area contributed by atoms with Crippen molar-refractivity contribution < 1.29 is 17.9 Å². The molecule has 170 valence electrons. The highest BCUT2D eigenvalue weighted by Crippen LogP contribution is 2.17. The van der Waals surface area contributed by atoms with Gasteiger partial charge in [0.1, 0.15) is 0 Å². The summed E-state index contributed by atoms with van der Waals surface area (Å²) in [5, 5.41) is 2.90. The third kappa shape index (κ3) is 6.40. The molecule has 0 aliphatic carbocycles. The highest BCUT2D eigenvalue weighted by atomic mass is 32.2. The Hall–Kier alpha value is -2.70. The number of hydrogen-bond acceptors (Lipinski definition) is 5. The summed E-state index contributed by atoms with van der Waals surface area (Å²) in [7, 11) is -3.77. The average Bonchev–Trinajstić information content (AvgIpc) is 2.76. The molecule has 0 bridgehead atoms. The molecular weight excluding hydrogens is 426 g/mol. The second-order valence-electron chi connectivity index (χ2n) is 7.96. The fourth-order valence-electron chi connectivity index (χ4n) is 3.84. The van der Waals surface area contributed by atoms with Crippen molar-refractivity contribution in [3.63, 3.8) is 0 Å². The van der Waals surface area contributed by atoms with Gasteiger partial charge in [-0.15, -0.1) is 6.42 Å². The van der Waals surface area contributed by atoms with Crippen LogP contribution >= 0.6 is 0 Å². The minimum atomic E-state index is -3.77. The minimum Gasteiger partial charge on any atom is -0.373 e. The van der Waals surface area contributed by atoms with Gasteiger partial charge in [0.2, 0.25) is 10.0 Å². The molecular formula is C24H29N3O4S. The van der Waals surface area contributed by atoms with E-state index in [1.807, 2.05) is 18.2 Å². The zero-order valence-corrected chi connectivity index (χ0v) is 19.2. The standard InChI is InChI=1S/C24H29N3O4S/c1-4-12-26-32(29,30)23-11-7-10-20(13-23)24(28)25-14-21-8-5-6-9-22(21)17-27-15-18(2)31-19(3)16-27/h1,5-11,13,18-19,26H,12,14-17H2,2-3H3,(H,25,28). The van der Waals surface area contributed by atoms with Crippen molar-refractivity contribution in [3.05, 3.63) is 65.2 Å². The second kappa shape index (κ2) is 10.7. The van der Waals surface area contributed by atoms with Crippen LogP contribution < -0.4 is 10.0 Å². The molecule has 2 aromatic carbocycles. The zero-order valence-electron chi connectivity index (χ0n) is 18.4. The number of amides is 1. The van der Waals surface area contributed by atoms with Crippen molar-refractivity contribution in [2.45, 2.75) is 44.0 Å². The number of rotatable bonds is 8. The number of morpholine rings is 1. The molecule has 1 heterocycles. The highest BCUT2D eigenvalue weighted by Gasteiger charge is 2.23. The maximum atomic E-state index is 12.7. The fraction of sp³-hybridized carbons (Fsp3) is 0.375. The number of ether oxygens (including phenoxy) is 1. The van der Waals surface area contributed by atoms with E-state index in [0.29, 0.717) is 6.54 Å². The molecule has 1 aliphatic heterocycles. The van der Waals surface area contributed by atoms with Gasteiger partial charge >= 0.3 is 0 Å². The maximum absolute atomic E-state index is 12.7. The number of benzene rings is 2. The molecule has 2 atom stereocenters. The summed E-state index contributed by atoms with van der Waals surface area (Å²) in [5.74, 6) is 1.88. The van der Waals surface area contributed by atoms with E-state index in [1.54, 1.807) is 6.07 Å². The zero-order chi connectivity index (χ0) is 23.1. The Morgan fingerprint density at radius 1 is 1.12 bits per heavy atom. The Balaban J connectivity index is 1.67. The highest BCUT2D eigenvalue weighted by molar-refractivity contribution is 7.89. The first-order chi connectivity index (χ1) is 15.3. The predicted octanol–water partition coefficient (Wildman–Crippen LogP) is 2.14. The lowest BCUT2D eigenvalue weighted by Gasteiger charge is -2.35. The Morgan fingerprint density at radius 2 is 1.81 bits per heavy atom. The molecule has 1 amide bonds. The first-order valence-electron chi connectivity index (χ1n) is 10.5.